The van der Waals surface area contributed by atoms with Gasteiger partial charge in [-0.1, -0.05) is 18.2 Å². The van der Waals surface area contributed by atoms with Crippen molar-refractivity contribution in [3.63, 3.8) is 0 Å². The molecule has 0 spiro atoms. The van der Waals surface area contributed by atoms with Crippen molar-refractivity contribution < 1.29 is 4.79 Å². The first-order valence-corrected chi connectivity index (χ1v) is 21.7. The maximum atomic E-state index is 13.2. The van der Waals surface area contributed by atoms with E-state index < -0.39 is 19.6 Å². The van der Waals surface area contributed by atoms with E-state index in [-0.39, 0.29) is 5.91 Å². The van der Waals surface area contributed by atoms with E-state index in [1.54, 1.807) is 0 Å². The van der Waals surface area contributed by atoms with Crippen LogP contribution in [0.2, 0.25) is 0 Å². The Bertz CT molecular complexity index is 1150. The minimum absolute atomic E-state index is 0.0780. The third kappa shape index (κ3) is 5.95. The van der Waals surface area contributed by atoms with Crippen LogP contribution in [0.5, 0.6) is 0 Å². The van der Waals surface area contributed by atoms with Crippen molar-refractivity contribution in [1.29, 1.82) is 0 Å². The van der Waals surface area contributed by atoms with Gasteiger partial charge in [0.2, 0.25) is 0 Å². The molecule has 1 fully saturated rings. The van der Waals surface area contributed by atoms with Crippen molar-refractivity contribution in [2.75, 3.05) is 23.0 Å². The second kappa shape index (κ2) is 12.5. The molecule has 36 heavy (non-hydrogen) atoms. The van der Waals surface area contributed by atoms with E-state index in [2.05, 4.69) is 141 Å². The van der Waals surface area contributed by atoms with Crippen LogP contribution in [0, 0.1) is 0 Å². The zero-order valence-corrected chi connectivity index (χ0v) is 24.5. The summed E-state index contributed by atoms with van der Waals surface area (Å²) in [6, 6.07) is 40.9. The van der Waals surface area contributed by atoms with Crippen LogP contribution in [0.3, 0.4) is 0 Å². The second-order valence-corrected chi connectivity index (χ2v) is 24.0. The Morgan fingerprint density at radius 3 is 1.64 bits per heavy atom. The molecule has 0 bridgehead atoms. The van der Waals surface area contributed by atoms with Gasteiger partial charge in [0.05, 0.1) is 0 Å². The van der Waals surface area contributed by atoms with Crippen LogP contribution < -0.4 is 25.6 Å². The molecule has 0 radical (unpaired) electrons. The summed E-state index contributed by atoms with van der Waals surface area (Å²) in [6.07, 6.45) is 2.59. The third-order valence-electron chi connectivity index (χ3n) is 6.33. The van der Waals surface area contributed by atoms with Gasteiger partial charge < -0.3 is 0 Å². The van der Waals surface area contributed by atoms with E-state index in [9.17, 15) is 4.79 Å². The first-order valence-electron chi connectivity index (χ1n) is 12.3. The normalized spacial score (nSPS) is 14.3. The number of rotatable bonds is 8. The van der Waals surface area contributed by atoms with Gasteiger partial charge in [-0.15, -0.1) is 0 Å². The predicted molar refractivity (Wildman–Crippen MR) is 165 cm³/mol. The molecule has 1 aliphatic rings. The van der Waals surface area contributed by atoms with E-state index in [1.165, 1.54) is 38.2 Å². The fourth-order valence-electron chi connectivity index (χ4n) is 4.58. The Balaban J connectivity index is 1.38. The molecule has 5 rings (SSSR count). The van der Waals surface area contributed by atoms with Crippen LogP contribution in [0.25, 0.3) is 0 Å². The van der Waals surface area contributed by atoms with Gasteiger partial charge in [-0.2, -0.15) is 0 Å². The monoisotopic (exact) mass is 590 g/mol. The van der Waals surface area contributed by atoms with Gasteiger partial charge in [0.1, 0.15) is 0 Å². The molecule has 2 nitrogen and oxygen atoms in total. The number of hydrogen-bond donors (Lipinski definition) is 1. The first kappa shape index (κ1) is 25.7. The quantitative estimate of drug-likeness (QED) is 0.215. The van der Waals surface area contributed by atoms with Crippen LogP contribution in [0.1, 0.15) is 12.8 Å². The van der Waals surface area contributed by atoms with Crippen LogP contribution in [0.4, 0.5) is 5.69 Å². The summed E-state index contributed by atoms with van der Waals surface area (Å²) in [4.78, 5) is 13.2. The Hall–Kier alpha value is -1.96. The van der Waals surface area contributed by atoms with Crippen molar-refractivity contribution >= 4 is 71.5 Å². The first-order chi connectivity index (χ1) is 17.8. The molecule has 1 N–H and O–H groups in total. The molecule has 0 saturated carbocycles. The number of anilines is 1. The molecule has 4 aromatic rings. The topological polar surface area (TPSA) is 29.1 Å². The fraction of sp³-hybridized carbons (Fsp3) is 0.167. The van der Waals surface area contributed by atoms with Crippen LogP contribution >= 0.6 is 27.3 Å². The van der Waals surface area contributed by atoms with Gasteiger partial charge in [0.15, 0.2) is 0 Å². The zero-order chi connectivity index (χ0) is 24.6. The summed E-state index contributed by atoms with van der Waals surface area (Å²) >= 11 is -1.03. The summed E-state index contributed by atoms with van der Waals surface area (Å²) < 4.78 is 1.48. The summed E-state index contributed by atoms with van der Waals surface area (Å²) in [5, 5.41) is 7.12. The van der Waals surface area contributed by atoms with E-state index in [4.69, 9.17) is 0 Å². The second-order valence-electron chi connectivity index (χ2n) is 8.66. The molecular weight excluding hydrogens is 560 g/mol. The summed E-state index contributed by atoms with van der Waals surface area (Å²) in [7, 11) is 2.33. The fourth-order valence-corrected chi connectivity index (χ4v) is 21.9. The molecule has 1 amide bonds. The van der Waals surface area contributed by atoms with Crippen LogP contribution in [0.15, 0.2) is 115 Å². The number of hydrogen-bond acceptors (Lipinski definition) is 3. The van der Waals surface area contributed by atoms with Crippen molar-refractivity contribution in [3.8, 4) is 0 Å². The van der Waals surface area contributed by atoms with Crippen molar-refractivity contribution in [1.82, 2.24) is 0 Å². The Morgan fingerprint density at radius 1 is 0.694 bits per heavy atom. The van der Waals surface area contributed by atoms with Crippen LogP contribution in [-0.4, -0.2) is 35.9 Å². The minimum atomic E-state index is -2.00. The van der Waals surface area contributed by atoms with Crippen LogP contribution in [-0.2, 0) is 4.79 Å². The molecule has 1 heterocycles. The molecule has 182 valence electrons. The third-order valence-corrected chi connectivity index (χ3v) is 24.4. The van der Waals surface area contributed by atoms with Crippen molar-refractivity contribution in [2.24, 2.45) is 0 Å². The maximum absolute atomic E-state index is 13.2. The standard InChI is InChI=1S/C30H29AsNOPS2/c33-30(32-26-19-17-25(18-20-26)31-35-23-10-24-36-31)21-22-34(27-11-4-1-5-12-27,28-13-6-2-7-14-28)29-15-8-3-9-16-29/h1-9,11-20H,10,21-24H2/p+1. The zero-order valence-electron chi connectivity index (χ0n) is 20.1. The summed E-state index contributed by atoms with van der Waals surface area (Å²) in [5.41, 5.74) is 0.896. The number of nitrogens with one attached hydrogen (secondary N) is 1. The molecule has 0 atom stereocenters. The molecule has 1 aliphatic heterocycles. The number of carbonyl (C=O) groups is 1. The summed E-state index contributed by atoms with van der Waals surface area (Å²) in [6.45, 7) is 0. The van der Waals surface area contributed by atoms with Crippen molar-refractivity contribution in [2.45, 2.75) is 12.8 Å². The Labute approximate surface area is 226 Å². The van der Waals surface area contributed by atoms with E-state index >= 15 is 0 Å². The van der Waals surface area contributed by atoms with E-state index in [0.717, 1.165) is 11.8 Å². The Kier molecular flexibility index (Phi) is 8.93. The molecular formula is C30H30AsNOPS2+. The van der Waals surface area contributed by atoms with Crippen molar-refractivity contribution in [3.05, 3.63) is 115 Å². The average molecular weight is 591 g/mol. The van der Waals surface area contributed by atoms with E-state index in [0.29, 0.717) is 6.42 Å². The molecule has 0 aromatic heterocycles. The summed E-state index contributed by atoms with van der Waals surface area (Å²) in [5.74, 6) is 2.66. The number of benzene rings is 4. The SMILES string of the molecule is O=C(CC[P+](c1ccccc1)(c1ccccc1)c1ccccc1)Nc1ccc([As]2SCCCS2)cc1. The molecule has 4 aromatic carbocycles. The van der Waals surface area contributed by atoms with Gasteiger partial charge in [0.25, 0.3) is 0 Å². The van der Waals surface area contributed by atoms with E-state index in [1.807, 2.05) is 0 Å². The van der Waals surface area contributed by atoms with Gasteiger partial charge in [0, 0.05) is 0 Å². The molecule has 0 aliphatic carbocycles. The van der Waals surface area contributed by atoms with Gasteiger partial charge in [-0.25, -0.2) is 0 Å². The molecule has 6 heteroatoms. The predicted octanol–water partition coefficient (Wildman–Crippen LogP) is 5.57. The number of carbonyl (C=O) groups excluding carboxylic acids is 1. The van der Waals surface area contributed by atoms with Gasteiger partial charge in [-0.05, 0) is 0 Å². The number of amides is 1. The van der Waals surface area contributed by atoms with Gasteiger partial charge >= 0.3 is 209 Å². The molecule has 0 unspecified atom stereocenters. The molecule has 1 saturated heterocycles. The Morgan fingerprint density at radius 2 is 1.17 bits per heavy atom. The van der Waals surface area contributed by atoms with Gasteiger partial charge in [-0.3, -0.25) is 0 Å². The average Bonchev–Trinajstić information content (AvgIpc) is 2.96.